The lowest BCUT2D eigenvalue weighted by atomic mass is 9.89. The predicted octanol–water partition coefficient (Wildman–Crippen LogP) is 5.09. The molecule has 1 fully saturated rings. The molecule has 1 saturated heterocycles. The van der Waals surface area contributed by atoms with E-state index in [0.717, 1.165) is 43.6 Å². The topological polar surface area (TPSA) is 20.3 Å². The van der Waals surface area contributed by atoms with E-state index in [9.17, 15) is 4.79 Å². The van der Waals surface area contributed by atoms with Crippen molar-refractivity contribution < 1.29 is 4.79 Å². The Hall–Kier alpha value is -1.35. The van der Waals surface area contributed by atoms with Crippen LogP contribution < -0.4 is 0 Å². The van der Waals surface area contributed by atoms with Crippen LogP contribution in [0, 0.1) is 5.92 Å². The first-order valence-electron chi connectivity index (χ1n) is 7.89. The summed E-state index contributed by atoms with van der Waals surface area (Å²) in [4.78, 5) is 14.9. The second-order valence-corrected chi connectivity index (χ2v) is 6.84. The van der Waals surface area contributed by atoms with Gasteiger partial charge in [-0.3, -0.25) is 9.69 Å². The monoisotopic (exact) mass is 347 g/mol. The zero-order valence-electron chi connectivity index (χ0n) is 12.8. The minimum atomic E-state index is 0.141. The van der Waals surface area contributed by atoms with Gasteiger partial charge in [0.2, 0.25) is 0 Å². The van der Waals surface area contributed by atoms with Gasteiger partial charge >= 0.3 is 0 Å². The Morgan fingerprint density at radius 1 is 1.00 bits per heavy atom. The van der Waals surface area contributed by atoms with E-state index < -0.39 is 0 Å². The van der Waals surface area contributed by atoms with Crippen LogP contribution in [-0.4, -0.2) is 23.8 Å². The third kappa shape index (κ3) is 4.14. The van der Waals surface area contributed by atoms with Crippen molar-refractivity contribution in [3.05, 3.63) is 69.7 Å². The van der Waals surface area contributed by atoms with Crippen molar-refractivity contribution in [3.8, 4) is 0 Å². The summed E-state index contributed by atoms with van der Waals surface area (Å²) >= 11 is 12.0. The third-order valence-corrected chi connectivity index (χ3v) is 5.15. The number of ketones is 1. The van der Waals surface area contributed by atoms with Gasteiger partial charge in [0.15, 0.2) is 5.78 Å². The molecule has 0 radical (unpaired) electrons. The predicted molar refractivity (Wildman–Crippen MR) is 95.2 cm³/mol. The minimum absolute atomic E-state index is 0.141. The Morgan fingerprint density at radius 3 is 2.35 bits per heavy atom. The number of carbonyl (C=O) groups is 1. The summed E-state index contributed by atoms with van der Waals surface area (Å²) in [6.07, 6.45) is 1.82. The van der Waals surface area contributed by atoms with Crippen LogP contribution in [0.25, 0.3) is 0 Å². The van der Waals surface area contributed by atoms with Gasteiger partial charge in [-0.05, 0) is 43.6 Å². The highest BCUT2D eigenvalue weighted by Crippen LogP contribution is 2.26. The highest BCUT2D eigenvalue weighted by Gasteiger charge is 2.25. The van der Waals surface area contributed by atoms with Crippen molar-refractivity contribution in [1.82, 2.24) is 4.90 Å². The fourth-order valence-electron chi connectivity index (χ4n) is 3.09. The van der Waals surface area contributed by atoms with Gasteiger partial charge in [0.05, 0.1) is 10.0 Å². The number of rotatable bonds is 4. The quantitative estimate of drug-likeness (QED) is 0.718. The van der Waals surface area contributed by atoms with Gasteiger partial charge in [-0.1, -0.05) is 59.6 Å². The third-order valence-electron chi connectivity index (χ3n) is 4.41. The summed E-state index contributed by atoms with van der Waals surface area (Å²) in [5.41, 5.74) is 1.99. The number of benzene rings is 2. The van der Waals surface area contributed by atoms with Gasteiger partial charge in [0.1, 0.15) is 0 Å². The maximum absolute atomic E-state index is 12.5. The summed E-state index contributed by atoms with van der Waals surface area (Å²) in [7, 11) is 0. The summed E-state index contributed by atoms with van der Waals surface area (Å²) < 4.78 is 0. The van der Waals surface area contributed by atoms with E-state index in [2.05, 4.69) is 4.90 Å². The van der Waals surface area contributed by atoms with E-state index in [1.54, 1.807) is 0 Å². The molecule has 4 heteroatoms. The van der Waals surface area contributed by atoms with Crippen LogP contribution in [0.5, 0.6) is 0 Å². The number of Topliss-reactive ketones (excluding diaryl/α,β-unsaturated/α-hetero) is 1. The van der Waals surface area contributed by atoms with Gasteiger partial charge in [-0.2, -0.15) is 0 Å². The number of likely N-dealkylation sites (tertiary alicyclic amines) is 1. The fourth-order valence-corrected chi connectivity index (χ4v) is 3.41. The molecule has 1 aliphatic heterocycles. The van der Waals surface area contributed by atoms with Crippen LogP contribution in [0.3, 0.4) is 0 Å². The number of hydrogen-bond donors (Lipinski definition) is 0. The first-order chi connectivity index (χ1) is 11.1. The molecule has 23 heavy (non-hydrogen) atoms. The molecular weight excluding hydrogens is 329 g/mol. The average Bonchev–Trinajstić information content (AvgIpc) is 2.59. The van der Waals surface area contributed by atoms with Crippen LogP contribution in [0.15, 0.2) is 48.5 Å². The number of piperidine rings is 1. The van der Waals surface area contributed by atoms with Gasteiger partial charge < -0.3 is 0 Å². The second kappa shape index (κ2) is 7.48. The first-order valence-corrected chi connectivity index (χ1v) is 8.64. The molecule has 0 N–H and O–H groups in total. The van der Waals surface area contributed by atoms with Gasteiger partial charge in [0, 0.05) is 18.0 Å². The van der Waals surface area contributed by atoms with Crippen LogP contribution in [0.1, 0.15) is 28.8 Å². The highest BCUT2D eigenvalue weighted by atomic mass is 35.5. The molecule has 1 aliphatic rings. The standard InChI is InChI=1S/C19H19Cl2NO/c20-17-7-6-14(12-18(17)21)13-22-10-8-16(9-11-22)19(23)15-4-2-1-3-5-15/h1-7,12,16H,8-11,13H2. The molecule has 3 rings (SSSR count). The molecule has 2 nitrogen and oxygen atoms in total. The summed E-state index contributed by atoms with van der Waals surface area (Å²) in [6.45, 7) is 2.72. The number of carbonyl (C=O) groups excluding carboxylic acids is 1. The van der Waals surface area contributed by atoms with Crippen molar-refractivity contribution in [2.24, 2.45) is 5.92 Å². The summed E-state index contributed by atoms with van der Waals surface area (Å²) in [5.74, 6) is 0.419. The number of nitrogens with zero attached hydrogens (tertiary/aromatic N) is 1. The molecule has 2 aromatic rings. The van der Waals surface area contributed by atoms with Gasteiger partial charge in [-0.15, -0.1) is 0 Å². The normalized spacial score (nSPS) is 16.4. The smallest absolute Gasteiger partial charge is 0.166 e. The molecular formula is C19H19Cl2NO. The van der Waals surface area contributed by atoms with Crippen molar-refractivity contribution in [2.75, 3.05) is 13.1 Å². The average molecular weight is 348 g/mol. The van der Waals surface area contributed by atoms with Gasteiger partial charge in [0.25, 0.3) is 0 Å². The zero-order chi connectivity index (χ0) is 16.2. The Morgan fingerprint density at radius 2 is 1.70 bits per heavy atom. The van der Waals surface area contributed by atoms with E-state index in [1.165, 1.54) is 0 Å². The zero-order valence-corrected chi connectivity index (χ0v) is 14.4. The number of halogens is 2. The van der Waals surface area contributed by atoms with Crippen molar-refractivity contribution in [2.45, 2.75) is 19.4 Å². The molecule has 0 unspecified atom stereocenters. The van der Waals surface area contributed by atoms with E-state index in [-0.39, 0.29) is 11.7 Å². The molecule has 0 aromatic heterocycles. The summed E-state index contributed by atoms with van der Waals surface area (Å²) in [5, 5.41) is 1.18. The van der Waals surface area contributed by atoms with Gasteiger partial charge in [-0.25, -0.2) is 0 Å². The fraction of sp³-hybridized carbons (Fsp3) is 0.316. The molecule has 120 valence electrons. The molecule has 0 atom stereocenters. The van der Waals surface area contributed by atoms with E-state index in [1.807, 2.05) is 48.5 Å². The van der Waals surface area contributed by atoms with Crippen molar-refractivity contribution >= 4 is 29.0 Å². The Labute approximate surface area is 147 Å². The SMILES string of the molecule is O=C(c1ccccc1)C1CCN(Cc2ccc(Cl)c(Cl)c2)CC1. The lowest BCUT2D eigenvalue weighted by Crippen LogP contribution is -2.35. The molecule has 1 heterocycles. The second-order valence-electron chi connectivity index (χ2n) is 6.03. The van der Waals surface area contributed by atoms with E-state index in [0.29, 0.717) is 10.0 Å². The van der Waals surface area contributed by atoms with E-state index in [4.69, 9.17) is 23.2 Å². The highest BCUT2D eigenvalue weighted by molar-refractivity contribution is 6.42. The molecule has 0 spiro atoms. The van der Waals surface area contributed by atoms with E-state index >= 15 is 0 Å². The number of hydrogen-bond acceptors (Lipinski definition) is 2. The first kappa shape index (κ1) is 16.5. The minimum Gasteiger partial charge on any atom is -0.299 e. The summed E-state index contributed by atoms with van der Waals surface area (Å²) in [6, 6.07) is 15.4. The maximum atomic E-state index is 12.5. The van der Waals surface area contributed by atoms with Crippen LogP contribution >= 0.6 is 23.2 Å². The molecule has 0 saturated carbocycles. The Balaban J connectivity index is 1.56. The lowest BCUT2D eigenvalue weighted by molar-refractivity contribution is 0.0835. The van der Waals surface area contributed by atoms with Crippen molar-refractivity contribution in [3.63, 3.8) is 0 Å². The van der Waals surface area contributed by atoms with Crippen LogP contribution in [-0.2, 0) is 6.54 Å². The Bertz CT molecular complexity index is 679. The largest absolute Gasteiger partial charge is 0.299 e. The van der Waals surface area contributed by atoms with Crippen molar-refractivity contribution in [1.29, 1.82) is 0 Å². The molecule has 0 amide bonds. The Kier molecular flexibility index (Phi) is 5.37. The van der Waals surface area contributed by atoms with Crippen LogP contribution in [0.2, 0.25) is 10.0 Å². The van der Waals surface area contributed by atoms with Crippen LogP contribution in [0.4, 0.5) is 0 Å². The lowest BCUT2D eigenvalue weighted by Gasteiger charge is -2.31. The molecule has 0 aliphatic carbocycles. The maximum Gasteiger partial charge on any atom is 0.166 e. The molecule has 0 bridgehead atoms. The molecule has 2 aromatic carbocycles.